The fourth-order valence-corrected chi connectivity index (χ4v) is 5.15. The van der Waals surface area contributed by atoms with E-state index in [0.29, 0.717) is 16.4 Å². The molecule has 1 heterocycles. The lowest BCUT2D eigenvalue weighted by Crippen LogP contribution is -2.31. The van der Waals surface area contributed by atoms with E-state index in [1.807, 2.05) is 0 Å². The monoisotopic (exact) mass is 466 g/mol. The quantitative estimate of drug-likeness (QED) is 0.589. The van der Waals surface area contributed by atoms with Crippen molar-refractivity contribution in [1.29, 1.82) is 0 Å². The largest absolute Gasteiger partial charge is 0.462 e. The summed E-state index contributed by atoms with van der Waals surface area (Å²) in [6.45, 7) is 9.65. The van der Waals surface area contributed by atoms with E-state index in [9.17, 15) is 19.2 Å². The molecular formula is C23H34N2O6S. The first-order valence-corrected chi connectivity index (χ1v) is 11.8. The maximum atomic E-state index is 12.4. The van der Waals surface area contributed by atoms with Gasteiger partial charge in [-0.2, -0.15) is 0 Å². The molecule has 1 aliphatic carbocycles. The van der Waals surface area contributed by atoms with Gasteiger partial charge in [-0.15, -0.1) is 11.3 Å². The zero-order valence-electron chi connectivity index (χ0n) is 19.8. The van der Waals surface area contributed by atoms with E-state index < -0.39 is 18.5 Å². The van der Waals surface area contributed by atoms with E-state index in [4.69, 9.17) is 9.47 Å². The molecule has 0 aliphatic heterocycles. The molecule has 8 nitrogen and oxygen atoms in total. The van der Waals surface area contributed by atoms with Crippen LogP contribution in [-0.4, -0.2) is 44.0 Å². The van der Waals surface area contributed by atoms with Crippen molar-refractivity contribution >= 4 is 40.1 Å². The smallest absolute Gasteiger partial charge is 0.341 e. The van der Waals surface area contributed by atoms with E-state index in [1.165, 1.54) is 7.05 Å². The summed E-state index contributed by atoms with van der Waals surface area (Å²) >= 11 is 0.981. The number of hydrogen-bond donors (Lipinski definition) is 2. The average Bonchev–Trinajstić information content (AvgIpc) is 3.06. The highest BCUT2D eigenvalue weighted by Gasteiger charge is 2.33. The molecule has 2 amide bonds. The Hall–Kier alpha value is -2.42. The van der Waals surface area contributed by atoms with Gasteiger partial charge in [0.15, 0.2) is 6.61 Å². The van der Waals surface area contributed by atoms with Gasteiger partial charge in [0.1, 0.15) is 5.00 Å². The Morgan fingerprint density at radius 1 is 1.06 bits per heavy atom. The first-order valence-electron chi connectivity index (χ1n) is 11.0. The van der Waals surface area contributed by atoms with Crippen LogP contribution in [0.15, 0.2) is 0 Å². The number of anilines is 1. The Labute approximate surface area is 193 Å². The zero-order chi connectivity index (χ0) is 24.1. The molecule has 0 unspecified atom stereocenters. The highest BCUT2D eigenvalue weighted by atomic mass is 32.1. The van der Waals surface area contributed by atoms with Crippen LogP contribution in [0, 0.1) is 24.2 Å². The number of carbonyl (C=O) groups excluding carboxylic acids is 4. The predicted molar refractivity (Wildman–Crippen MR) is 123 cm³/mol. The van der Waals surface area contributed by atoms with E-state index in [0.717, 1.165) is 37.0 Å². The molecule has 2 N–H and O–H groups in total. The number of esters is 2. The fourth-order valence-electron chi connectivity index (χ4n) is 3.99. The number of amides is 2. The fraction of sp³-hybridized carbons (Fsp3) is 0.652. The molecule has 0 bridgehead atoms. The maximum Gasteiger partial charge on any atom is 0.341 e. The van der Waals surface area contributed by atoms with Crippen LogP contribution in [0.4, 0.5) is 5.00 Å². The topological polar surface area (TPSA) is 111 Å². The van der Waals surface area contributed by atoms with Gasteiger partial charge in [-0.25, -0.2) is 4.79 Å². The third kappa shape index (κ3) is 6.31. The van der Waals surface area contributed by atoms with Crippen molar-refractivity contribution in [3.05, 3.63) is 16.0 Å². The molecule has 0 saturated heterocycles. The molecule has 32 heavy (non-hydrogen) atoms. The lowest BCUT2D eigenvalue weighted by molar-refractivity contribution is -0.153. The molecule has 1 aliphatic rings. The number of thiophene rings is 1. The Morgan fingerprint density at radius 2 is 1.69 bits per heavy atom. The number of hydrogen-bond acceptors (Lipinski definition) is 7. The summed E-state index contributed by atoms with van der Waals surface area (Å²) in [5, 5.41) is 5.31. The predicted octanol–water partition coefficient (Wildman–Crippen LogP) is 3.93. The molecule has 0 atom stereocenters. The van der Waals surface area contributed by atoms with Gasteiger partial charge in [0.2, 0.25) is 0 Å². The number of nitrogens with one attached hydrogen (secondary N) is 2. The first-order chi connectivity index (χ1) is 15.0. The third-order valence-electron chi connectivity index (χ3n) is 5.94. The Balaban J connectivity index is 2.00. The van der Waals surface area contributed by atoms with Crippen molar-refractivity contribution in [2.24, 2.45) is 17.3 Å². The molecular weight excluding hydrogens is 432 g/mol. The first kappa shape index (κ1) is 25.8. The Bertz CT molecular complexity index is 863. The van der Waals surface area contributed by atoms with Crippen LogP contribution in [0.3, 0.4) is 0 Å². The molecule has 1 aromatic rings. The summed E-state index contributed by atoms with van der Waals surface area (Å²) < 4.78 is 10.3. The second kappa shape index (κ2) is 10.9. The molecule has 178 valence electrons. The van der Waals surface area contributed by atoms with Crippen LogP contribution in [0.1, 0.15) is 79.0 Å². The van der Waals surface area contributed by atoms with Crippen molar-refractivity contribution in [1.82, 2.24) is 5.32 Å². The average molecular weight is 467 g/mol. The van der Waals surface area contributed by atoms with Gasteiger partial charge in [0.25, 0.3) is 11.8 Å². The number of carbonyl (C=O) groups is 4. The van der Waals surface area contributed by atoms with E-state index in [2.05, 4.69) is 31.4 Å². The second-order valence-electron chi connectivity index (χ2n) is 9.13. The number of ether oxygens (including phenoxy) is 2. The van der Waals surface area contributed by atoms with Crippen LogP contribution >= 0.6 is 11.3 Å². The van der Waals surface area contributed by atoms with Crippen LogP contribution < -0.4 is 10.6 Å². The molecule has 1 saturated carbocycles. The summed E-state index contributed by atoms with van der Waals surface area (Å²) in [7, 11) is 1.48. The van der Waals surface area contributed by atoms with Crippen molar-refractivity contribution in [3.63, 3.8) is 0 Å². The van der Waals surface area contributed by atoms with Crippen molar-refractivity contribution in [2.75, 3.05) is 25.6 Å². The van der Waals surface area contributed by atoms with Gasteiger partial charge in [0, 0.05) is 7.05 Å². The van der Waals surface area contributed by atoms with Gasteiger partial charge < -0.3 is 20.1 Å². The molecule has 2 rings (SSSR count). The SMILES string of the molecule is CCOC(=O)c1c(NC(=O)COC(=O)C2CCC(C(C)(C)C)CC2)sc(C(=O)NC)c1C. The van der Waals surface area contributed by atoms with Crippen LogP contribution in [-0.2, 0) is 19.1 Å². The lowest BCUT2D eigenvalue weighted by Gasteiger charge is -2.36. The van der Waals surface area contributed by atoms with Crippen molar-refractivity contribution in [2.45, 2.75) is 60.3 Å². The summed E-state index contributed by atoms with van der Waals surface area (Å²) in [5.41, 5.74) is 0.781. The van der Waals surface area contributed by atoms with E-state index in [1.54, 1.807) is 13.8 Å². The highest BCUT2D eigenvalue weighted by molar-refractivity contribution is 7.18. The molecule has 0 radical (unpaired) electrons. The van der Waals surface area contributed by atoms with Crippen LogP contribution in [0.25, 0.3) is 0 Å². The summed E-state index contributed by atoms with van der Waals surface area (Å²) in [6.07, 6.45) is 3.45. The minimum atomic E-state index is -0.626. The van der Waals surface area contributed by atoms with Crippen LogP contribution in [0.2, 0.25) is 0 Å². The van der Waals surface area contributed by atoms with E-state index >= 15 is 0 Å². The van der Waals surface area contributed by atoms with Gasteiger partial charge in [-0.1, -0.05) is 20.8 Å². The standard InChI is InChI=1S/C23H34N2O6S/c1-7-30-22(29)17-13(2)18(19(27)24-6)32-20(17)25-16(26)12-31-21(28)14-8-10-15(11-9-14)23(3,4)5/h14-15H,7-12H2,1-6H3,(H,24,27)(H,25,26). The minimum Gasteiger partial charge on any atom is -0.462 e. The third-order valence-corrected chi connectivity index (χ3v) is 7.15. The van der Waals surface area contributed by atoms with Gasteiger partial charge in [0.05, 0.1) is 23.0 Å². The Morgan fingerprint density at radius 3 is 2.22 bits per heavy atom. The van der Waals surface area contributed by atoms with Crippen molar-refractivity contribution in [3.8, 4) is 0 Å². The normalized spacial score (nSPS) is 18.6. The van der Waals surface area contributed by atoms with Gasteiger partial charge >= 0.3 is 11.9 Å². The summed E-state index contributed by atoms with van der Waals surface area (Å²) in [5.74, 6) is -1.55. The van der Waals surface area contributed by atoms with Crippen LogP contribution in [0.5, 0.6) is 0 Å². The molecule has 1 aromatic heterocycles. The zero-order valence-corrected chi connectivity index (χ0v) is 20.6. The summed E-state index contributed by atoms with van der Waals surface area (Å²) in [6, 6.07) is 0. The molecule has 1 fully saturated rings. The lowest BCUT2D eigenvalue weighted by atomic mass is 9.70. The molecule has 9 heteroatoms. The van der Waals surface area contributed by atoms with E-state index in [-0.39, 0.29) is 40.4 Å². The van der Waals surface area contributed by atoms with Crippen molar-refractivity contribution < 1.29 is 28.7 Å². The Kier molecular flexibility index (Phi) is 8.83. The molecule has 0 aromatic carbocycles. The summed E-state index contributed by atoms with van der Waals surface area (Å²) in [4.78, 5) is 49.7. The van der Waals surface area contributed by atoms with Gasteiger partial charge in [-0.05, 0) is 56.4 Å². The molecule has 0 spiro atoms. The van der Waals surface area contributed by atoms with Gasteiger partial charge in [-0.3, -0.25) is 14.4 Å². The maximum absolute atomic E-state index is 12.4. The second-order valence-corrected chi connectivity index (χ2v) is 10.2. The number of rotatable bonds is 7. The minimum absolute atomic E-state index is 0.135. The highest BCUT2D eigenvalue weighted by Crippen LogP contribution is 2.40.